The summed E-state index contributed by atoms with van der Waals surface area (Å²) in [4.78, 5) is 4.27. The highest BCUT2D eigenvalue weighted by molar-refractivity contribution is 5.62. The fourth-order valence-corrected chi connectivity index (χ4v) is 1.88. The van der Waals surface area contributed by atoms with Gasteiger partial charge in [0.2, 0.25) is 5.88 Å². The number of hydrogen-bond donors (Lipinski definition) is 2. The van der Waals surface area contributed by atoms with Gasteiger partial charge in [-0.2, -0.15) is 4.98 Å². The van der Waals surface area contributed by atoms with E-state index < -0.39 is 0 Å². The second-order valence-electron chi connectivity index (χ2n) is 4.32. The molecule has 0 saturated carbocycles. The molecule has 0 aliphatic carbocycles. The van der Waals surface area contributed by atoms with Crippen LogP contribution in [0.1, 0.15) is 5.56 Å². The van der Waals surface area contributed by atoms with Gasteiger partial charge in [0.1, 0.15) is 11.5 Å². The number of anilines is 2. The zero-order valence-electron chi connectivity index (χ0n) is 12.3. The molecular formula is C15H19N3O3. The number of benzene rings is 1. The molecule has 1 aromatic carbocycles. The normalized spacial score (nSPS) is 10.0. The lowest BCUT2D eigenvalue weighted by molar-refractivity contribution is 0.391. The molecular weight excluding hydrogens is 270 g/mol. The van der Waals surface area contributed by atoms with Crippen molar-refractivity contribution in [3.8, 4) is 17.4 Å². The number of nitrogens with two attached hydrogens (primary N) is 1. The van der Waals surface area contributed by atoms with E-state index in [0.29, 0.717) is 23.9 Å². The SMILES string of the molecule is COc1ccc(CNc2nc(OC)ccc2N)c(OC)c1. The first-order valence-electron chi connectivity index (χ1n) is 6.43. The van der Waals surface area contributed by atoms with E-state index >= 15 is 0 Å². The van der Waals surface area contributed by atoms with E-state index in [9.17, 15) is 0 Å². The molecule has 1 aromatic heterocycles. The van der Waals surface area contributed by atoms with Crippen LogP contribution in [0.2, 0.25) is 0 Å². The third kappa shape index (κ3) is 3.47. The molecule has 0 bridgehead atoms. The van der Waals surface area contributed by atoms with Gasteiger partial charge in [-0.15, -0.1) is 0 Å². The van der Waals surface area contributed by atoms with Gasteiger partial charge in [-0.3, -0.25) is 0 Å². The summed E-state index contributed by atoms with van der Waals surface area (Å²) >= 11 is 0. The molecule has 2 rings (SSSR count). The molecule has 0 aliphatic rings. The van der Waals surface area contributed by atoms with Gasteiger partial charge in [-0.05, 0) is 18.2 Å². The van der Waals surface area contributed by atoms with Gasteiger partial charge in [-0.1, -0.05) is 0 Å². The first-order valence-corrected chi connectivity index (χ1v) is 6.43. The average molecular weight is 289 g/mol. The Morgan fingerprint density at radius 3 is 2.52 bits per heavy atom. The van der Waals surface area contributed by atoms with Crippen LogP contribution in [0, 0.1) is 0 Å². The Kier molecular flexibility index (Phi) is 4.71. The van der Waals surface area contributed by atoms with Crippen LogP contribution in [0.3, 0.4) is 0 Å². The lowest BCUT2D eigenvalue weighted by Crippen LogP contribution is -2.06. The van der Waals surface area contributed by atoms with Gasteiger partial charge in [0.15, 0.2) is 5.82 Å². The number of ether oxygens (including phenoxy) is 3. The number of nitrogen functional groups attached to an aromatic ring is 1. The molecule has 0 unspecified atom stereocenters. The highest BCUT2D eigenvalue weighted by atomic mass is 16.5. The molecule has 2 aromatic rings. The maximum atomic E-state index is 5.89. The minimum atomic E-state index is 0.508. The first kappa shape index (κ1) is 14.8. The standard InChI is InChI=1S/C15H19N3O3/c1-19-11-5-4-10(13(8-11)20-2)9-17-15-12(16)6-7-14(18-15)21-3/h4-8H,9,16H2,1-3H3,(H,17,18). The lowest BCUT2D eigenvalue weighted by Gasteiger charge is -2.13. The summed E-state index contributed by atoms with van der Waals surface area (Å²) in [6.07, 6.45) is 0. The summed E-state index contributed by atoms with van der Waals surface area (Å²) in [5, 5.41) is 3.18. The average Bonchev–Trinajstić information content (AvgIpc) is 2.54. The number of nitrogens with one attached hydrogen (secondary N) is 1. The minimum Gasteiger partial charge on any atom is -0.497 e. The topological polar surface area (TPSA) is 78.6 Å². The summed E-state index contributed by atoms with van der Waals surface area (Å²) in [6.45, 7) is 0.525. The van der Waals surface area contributed by atoms with E-state index in [1.165, 1.54) is 0 Å². The molecule has 0 radical (unpaired) electrons. The van der Waals surface area contributed by atoms with Crippen LogP contribution in [-0.4, -0.2) is 26.3 Å². The molecule has 1 heterocycles. The van der Waals surface area contributed by atoms with Crippen molar-refractivity contribution in [2.24, 2.45) is 0 Å². The van der Waals surface area contributed by atoms with Crippen LogP contribution < -0.4 is 25.3 Å². The molecule has 0 spiro atoms. The third-order valence-electron chi connectivity index (χ3n) is 3.05. The van der Waals surface area contributed by atoms with Crippen molar-refractivity contribution in [1.29, 1.82) is 0 Å². The van der Waals surface area contributed by atoms with Crippen molar-refractivity contribution in [2.75, 3.05) is 32.4 Å². The molecule has 6 heteroatoms. The van der Waals surface area contributed by atoms with E-state index in [1.54, 1.807) is 33.5 Å². The zero-order valence-corrected chi connectivity index (χ0v) is 12.3. The highest BCUT2D eigenvalue weighted by Gasteiger charge is 2.07. The Balaban J connectivity index is 2.16. The molecule has 21 heavy (non-hydrogen) atoms. The Morgan fingerprint density at radius 1 is 1.05 bits per heavy atom. The smallest absolute Gasteiger partial charge is 0.215 e. The first-order chi connectivity index (χ1) is 10.2. The summed E-state index contributed by atoms with van der Waals surface area (Å²) in [6, 6.07) is 9.11. The van der Waals surface area contributed by atoms with Crippen molar-refractivity contribution in [3.63, 3.8) is 0 Å². The highest BCUT2D eigenvalue weighted by Crippen LogP contribution is 2.26. The van der Waals surface area contributed by atoms with Crippen molar-refractivity contribution in [1.82, 2.24) is 4.98 Å². The van der Waals surface area contributed by atoms with Crippen molar-refractivity contribution in [3.05, 3.63) is 35.9 Å². The van der Waals surface area contributed by atoms with Crippen LogP contribution in [0.5, 0.6) is 17.4 Å². The Labute approximate surface area is 123 Å². The minimum absolute atomic E-state index is 0.508. The summed E-state index contributed by atoms with van der Waals surface area (Å²) in [7, 11) is 4.80. The molecule has 0 atom stereocenters. The Morgan fingerprint density at radius 2 is 1.86 bits per heavy atom. The van der Waals surface area contributed by atoms with Crippen LogP contribution in [-0.2, 0) is 6.54 Å². The second-order valence-corrected chi connectivity index (χ2v) is 4.32. The summed E-state index contributed by atoms with van der Waals surface area (Å²) in [5.41, 5.74) is 7.43. The molecule has 0 amide bonds. The number of nitrogens with zero attached hydrogens (tertiary/aromatic N) is 1. The van der Waals surface area contributed by atoms with Crippen molar-refractivity contribution in [2.45, 2.75) is 6.54 Å². The summed E-state index contributed by atoms with van der Waals surface area (Å²) < 4.78 is 15.6. The predicted molar refractivity (Wildman–Crippen MR) is 82.1 cm³/mol. The van der Waals surface area contributed by atoms with E-state index in [2.05, 4.69) is 10.3 Å². The van der Waals surface area contributed by atoms with Gasteiger partial charge < -0.3 is 25.3 Å². The number of rotatable bonds is 6. The van der Waals surface area contributed by atoms with Gasteiger partial charge in [0.05, 0.1) is 27.0 Å². The molecule has 0 saturated heterocycles. The lowest BCUT2D eigenvalue weighted by atomic mass is 10.2. The maximum absolute atomic E-state index is 5.89. The van der Waals surface area contributed by atoms with Crippen LogP contribution in [0.4, 0.5) is 11.5 Å². The third-order valence-corrected chi connectivity index (χ3v) is 3.05. The zero-order chi connectivity index (χ0) is 15.2. The van der Waals surface area contributed by atoms with Gasteiger partial charge in [-0.25, -0.2) is 0 Å². The van der Waals surface area contributed by atoms with E-state index in [0.717, 1.165) is 17.1 Å². The van der Waals surface area contributed by atoms with Crippen molar-refractivity contribution < 1.29 is 14.2 Å². The fourth-order valence-electron chi connectivity index (χ4n) is 1.88. The molecule has 112 valence electrons. The van der Waals surface area contributed by atoms with Crippen molar-refractivity contribution >= 4 is 11.5 Å². The molecule has 0 aliphatic heterocycles. The monoisotopic (exact) mass is 289 g/mol. The fraction of sp³-hybridized carbons (Fsp3) is 0.267. The maximum Gasteiger partial charge on any atom is 0.215 e. The summed E-state index contributed by atoms with van der Waals surface area (Å²) in [5.74, 6) is 2.57. The predicted octanol–water partition coefficient (Wildman–Crippen LogP) is 2.30. The largest absolute Gasteiger partial charge is 0.497 e. The Bertz CT molecular complexity index is 617. The second kappa shape index (κ2) is 6.69. The molecule has 3 N–H and O–H groups in total. The molecule has 0 fully saturated rings. The quantitative estimate of drug-likeness (QED) is 0.849. The van der Waals surface area contributed by atoms with Crippen LogP contribution in [0.15, 0.2) is 30.3 Å². The van der Waals surface area contributed by atoms with Gasteiger partial charge >= 0.3 is 0 Å². The molecule has 6 nitrogen and oxygen atoms in total. The van der Waals surface area contributed by atoms with E-state index in [-0.39, 0.29) is 0 Å². The van der Waals surface area contributed by atoms with E-state index in [1.807, 2.05) is 18.2 Å². The number of hydrogen-bond acceptors (Lipinski definition) is 6. The number of methoxy groups -OCH3 is 3. The number of pyridine rings is 1. The van der Waals surface area contributed by atoms with Crippen LogP contribution in [0.25, 0.3) is 0 Å². The number of aromatic nitrogens is 1. The van der Waals surface area contributed by atoms with Gasteiger partial charge in [0, 0.05) is 24.2 Å². The van der Waals surface area contributed by atoms with Crippen LogP contribution >= 0.6 is 0 Å². The Hall–Kier alpha value is -2.63. The van der Waals surface area contributed by atoms with E-state index in [4.69, 9.17) is 19.9 Å². The van der Waals surface area contributed by atoms with Gasteiger partial charge in [0.25, 0.3) is 0 Å².